The number of oxazole rings is 1. The summed E-state index contributed by atoms with van der Waals surface area (Å²) < 4.78 is 7.95. The van der Waals surface area contributed by atoms with Crippen LogP contribution in [0.4, 0.5) is 0 Å². The second kappa shape index (κ2) is 9.14. The van der Waals surface area contributed by atoms with Gasteiger partial charge in [0.1, 0.15) is 11.4 Å². The number of aromatic nitrogens is 4. The Bertz CT molecular complexity index is 1660. The maximum Gasteiger partial charge on any atom is 0.419 e. The van der Waals surface area contributed by atoms with Crippen molar-refractivity contribution in [3.8, 4) is 0 Å². The maximum atomic E-state index is 13.2. The van der Waals surface area contributed by atoms with Crippen molar-refractivity contribution in [2.24, 2.45) is 7.05 Å². The lowest BCUT2D eigenvalue weighted by Gasteiger charge is -2.15. The molecule has 5 aromatic rings. The second-order valence-electron chi connectivity index (χ2n) is 8.65. The molecule has 5 rings (SSSR count). The van der Waals surface area contributed by atoms with Gasteiger partial charge in [0.05, 0.1) is 17.8 Å². The van der Waals surface area contributed by atoms with Crippen LogP contribution in [-0.4, -0.2) is 31.0 Å². The van der Waals surface area contributed by atoms with Gasteiger partial charge in [-0.3, -0.25) is 14.2 Å². The van der Waals surface area contributed by atoms with E-state index in [1.807, 2.05) is 38.1 Å². The van der Waals surface area contributed by atoms with Crippen molar-refractivity contribution in [3.63, 3.8) is 0 Å². The lowest BCUT2D eigenvalue weighted by atomic mass is 10.1. The van der Waals surface area contributed by atoms with Crippen LogP contribution in [0.1, 0.15) is 50.6 Å². The van der Waals surface area contributed by atoms with Crippen LogP contribution in [-0.2, 0) is 13.6 Å². The minimum Gasteiger partial charge on any atom is -0.408 e. The molecule has 182 valence electrons. The number of hydrogen-bond acceptors (Lipinski definition) is 6. The minimum absolute atomic E-state index is 0.0907. The van der Waals surface area contributed by atoms with Crippen molar-refractivity contribution in [2.45, 2.75) is 26.4 Å². The molecule has 0 aliphatic carbocycles. The van der Waals surface area contributed by atoms with E-state index in [0.29, 0.717) is 16.7 Å². The molecule has 0 spiro atoms. The molecular weight excluding hydrogens is 460 g/mol. The number of benzene rings is 2. The Morgan fingerprint density at radius 3 is 2.61 bits per heavy atom. The van der Waals surface area contributed by atoms with Crippen LogP contribution in [0.15, 0.2) is 70.0 Å². The largest absolute Gasteiger partial charge is 0.419 e. The van der Waals surface area contributed by atoms with Crippen LogP contribution in [0.3, 0.4) is 0 Å². The van der Waals surface area contributed by atoms with Gasteiger partial charge in [0.15, 0.2) is 11.2 Å². The molecule has 0 radical (unpaired) electrons. The SMILES string of the molecule is Cc1ccc([C@H](C)NC(=O)c2cc(C(=O)NCc3ccc4oc(=O)n(C)c4c3)nc3ccnn23)cc1. The van der Waals surface area contributed by atoms with Crippen LogP contribution in [0, 0.1) is 6.92 Å². The highest BCUT2D eigenvalue weighted by Gasteiger charge is 2.19. The third kappa shape index (κ3) is 4.36. The topological polar surface area (TPSA) is 124 Å². The normalized spacial score (nSPS) is 12.1. The summed E-state index contributed by atoms with van der Waals surface area (Å²) in [5.74, 6) is -1.27. The van der Waals surface area contributed by atoms with Gasteiger partial charge in [-0.15, -0.1) is 0 Å². The zero-order chi connectivity index (χ0) is 25.4. The zero-order valence-corrected chi connectivity index (χ0v) is 20.0. The van der Waals surface area contributed by atoms with E-state index >= 15 is 0 Å². The van der Waals surface area contributed by atoms with E-state index in [9.17, 15) is 14.4 Å². The zero-order valence-electron chi connectivity index (χ0n) is 20.0. The van der Waals surface area contributed by atoms with E-state index in [1.165, 1.54) is 21.3 Å². The van der Waals surface area contributed by atoms with Crippen LogP contribution in [0.2, 0.25) is 0 Å². The number of fused-ring (bicyclic) bond motifs is 2. The summed E-state index contributed by atoms with van der Waals surface area (Å²) in [4.78, 5) is 42.2. The van der Waals surface area contributed by atoms with Gasteiger partial charge in [0.2, 0.25) is 0 Å². The Hall–Kier alpha value is -4.73. The number of amides is 2. The summed E-state index contributed by atoms with van der Waals surface area (Å²) in [6.07, 6.45) is 1.52. The van der Waals surface area contributed by atoms with Gasteiger partial charge in [-0.2, -0.15) is 5.10 Å². The molecule has 0 fully saturated rings. The fourth-order valence-electron chi connectivity index (χ4n) is 3.96. The van der Waals surface area contributed by atoms with E-state index in [2.05, 4.69) is 20.7 Å². The molecule has 0 saturated carbocycles. The maximum absolute atomic E-state index is 13.2. The quantitative estimate of drug-likeness (QED) is 0.382. The van der Waals surface area contributed by atoms with Crippen LogP contribution < -0.4 is 16.4 Å². The summed E-state index contributed by atoms with van der Waals surface area (Å²) in [6, 6.07) is 16.0. The van der Waals surface area contributed by atoms with Gasteiger partial charge in [0.25, 0.3) is 11.8 Å². The molecule has 0 aliphatic heterocycles. The van der Waals surface area contributed by atoms with Crippen molar-refractivity contribution in [2.75, 3.05) is 0 Å². The Kier molecular flexibility index (Phi) is 5.85. The van der Waals surface area contributed by atoms with Gasteiger partial charge in [-0.25, -0.2) is 14.3 Å². The number of hydrogen-bond donors (Lipinski definition) is 2. The number of carbonyl (C=O) groups is 2. The van der Waals surface area contributed by atoms with Crippen LogP contribution >= 0.6 is 0 Å². The van der Waals surface area contributed by atoms with Gasteiger partial charge < -0.3 is 15.1 Å². The first-order chi connectivity index (χ1) is 17.3. The Labute approximate surface area is 205 Å². The van der Waals surface area contributed by atoms with E-state index < -0.39 is 11.7 Å². The minimum atomic E-state index is -0.452. The predicted octanol–water partition coefficient (Wildman–Crippen LogP) is 2.90. The lowest BCUT2D eigenvalue weighted by Crippen LogP contribution is -2.30. The van der Waals surface area contributed by atoms with Crippen molar-refractivity contribution >= 4 is 28.6 Å². The first-order valence-electron chi connectivity index (χ1n) is 11.4. The first kappa shape index (κ1) is 23.0. The number of carbonyl (C=O) groups excluding carboxylic acids is 2. The van der Waals surface area contributed by atoms with Gasteiger partial charge in [-0.05, 0) is 37.1 Å². The number of nitrogens with zero attached hydrogens (tertiary/aromatic N) is 4. The molecule has 0 saturated heterocycles. The van der Waals surface area contributed by atoms with E-state index in [0.717, 1.165) is 16.7 Å². The Morgan fingerprint density at radius 1 is 1.06 bits per heavy atom. The summed E-state index contributed by atoms with van der Waals surface area (Å²) in [5, 5.41) is 9.98. The molecule has 10 heteroatoms. The number of nitrogens with one attached hydrogen (secondary N) is 2. The molecule has 2 N–H and O–H groups in total. The highest BCUT2D eigenvalue weighted by atomic mass is 16.4. The number of aryl methyl sites for hydroxylation is 2. The highest BCUT2D eigenvalue weighted by molar-refractivity contribution is 5.98. The number of rotatable bonds is 6. The van der Waals surface area contributed by atoms with Gasteiger partial charge in [-0.1, -0.05) is 35.9 Å². The van der Waals surface area contributed by atoms with Crippen molar-refractivity contribution in [1.29, 1.82) is 0 Å². The molecule has 0 bridgehead atoms. The van der Waals surface area contributed by atoms with Crippen molar-refractivity contribution < 1.29 is 14.0 Å². The molecule has 1 atom stereocenters. The monoisotopic (exact) mass is 484 g/mol. The second-order valence-corrected chi connectivity index (χ2v) is 8.65. The predicted molar refractivity (Wildman–Crippen MR) is 133 cm³/mol. The molecule has 0 aliphatic rings. The third-order valence-corrected chi connectivity index (χ3v) is 6.06. The lowest BCUT2D eigenvalue weighted by molar-refractivity contribution is 0.0932. The summed E-state index contributed by atoms with van der Waals surface area (Å²) >= 11 is 0. The van der Waals surface area contributed by atoms with E-state index in [1.54, 1.807) is 31.3 Å². The molecule has 36 heavy (non-hydrogen) atoms. The van der Waals surface area contributed by atoms with Crippen molar-refractivity contribution in [1.82, 2.24) is 29.8 Å². The fourth-order valence-corrected chi connectivity index (χ4v) is 3.96. The molecule has 2 aromatic carbocycles. The van der Waals surface area contributed by atoms with Crippen molar-refractivity contribution in [3.05, 3.63) is 99.4 Å². The van der Waals surface area contributed by atoms with E-state index in [-0.39, 0.29) is 29.9 Å². The molecule has 0 unspecified atom stereocenters. The average Bonchev–Trinajstić information content (AvgIpc) is 3.46. The van der Waals surface area contributed by atoms with Crippen LogP contribution in [0.25, 0.3) is 16.7 Å². The Morgan fingerprint density at radius 2 is 1.83 bits per heavy atom. The van der Waals surface area contributed by atoms with E-state index in [4.69, 9.17) is 4.42 Å². The fraction of sp³-hybridized carbons (Fsp3) is 0.192. The summed E-state index contributed by atoms with van der Waals surface area (Å²) in [5.41, 5.74) is 4.65. The molecule has 3 heterocycles. The smallest absolute Gasteiger partial charge is 0.408 e. The van der Waals surface area contributed by atoms with Gasteiger partial charge in [0, 0.05) is 25.7 Å². The average molecular weight is 485 g/mol. The third-order valence-electron chi connectivity index (χ3n) is 6.06. The van der Waals surface area contributed by atoms with Gasteiger partial charge >= 0.3 is 5.76 Å². The molecular formula is C26H24N6O4. The molecule has 2 amide bonds. The summed E-state index contributed by atoms with van der Waals surface area (Å²) in [7, 11) is 1.62. The summed E-state index contributed by atoms with van der Waals surface area (Å²) in [6.45, 7) is 4.10. The first-order valence-corrected chi connectivity index (χ1v) is 11.4. The molecule has 3 aromatic heterocycles. The highest BCUT2D eigenvalue weighted by Crippen LogP contribution is 2.16. The molecule has 10 nitrogen and oxygen atoms in total. The standard InChI is InChI=1S/C26H24N6O4/c1-15-4-7-18(8-5-15)16(2)29-25(34)21-13-19(30-23-10-11-28-32(21)23)24(33)27-14-17-6-9-22-20(12-17)31(3)26(35)36-22/h4-13,16H,14H2,1-3H3,(H,27,33)(H,29,34)/t16-/m0/s1. The van der Waals surface area contributed by atoms with Crippen LogP contribution in [0.5, 0.6) is 0 Å². The Balaban J connectivity index is 1.36.